The van der Waals surface area contributed by atoms with Crippen molar-refractivity contribution in [3.05, 3.63) is 45.2 Å². The summed E-state index contributed by atoms with van der Waals surface area (Å²) in [7, 11) is 0. The lowest BCUT2D eigenvalue weighted by Crippen LogP contribution is -2.21. The molecule has 0 radical (unpaired) electrons. The number of thiophene rings is 1. The fraction of sp³-hybridized carbons (Fsp3) is 0.333. The molecule has 7 nitrogen and oxygen atoms in total. The molecule has 0 spiro atoms. The zero-order valence-electron chi connectivity index (χ0n) is 14.4. The van der Waals surface area contributed by atoms with Gasteiger partial charge in [-0.25, -0.2) is 4.98 Å². The lowest BCUT2D eigenvalue weighted by Gasteiger charge is -2.08. The van der Waals surface area contributed by atoms with Crippen LogP contribution >= 0.6 is 11.3 Å². The molecule has 134 valence electrons. The number of amides is 1. The van der Waals surface area contributed by atoms with Crippen molar-refractivity contribution in [2.75, 3.05) is 5.32 Å². The van der Waals surface area contributed by atoms with Crippen molar-refractivity contribution >= 4 is 23.1 Å². The summed E-state index contributed by atoms with van der Waals surface area (Å²) in [4.78, 5) is 32.8. The van der Waals surface area contributed by atoms with E-state index in [1.807, 2.05) is 30.5 Å². The molecule has 3 aromatic heterocycles. The minimum Gasteiger partial charge on any atom is -0.310 e. The van der Waals surface area contributed by atoms with E-state index >= 15 is 0 Å². The van der Waals surface area contributed by atoms with Crippen LogP contribution in [0.5, 0.6) is 0 Å². The van der Waals surface area contributed by atoms with Crippen molar-refractivity contribution in [2.45, 2.75) is 39.0 Å². The topological polar surface area (TPSA) is 92.7 Å². The highest BCUT2D eigenvalue weighted by atomic mass is 32.1. The summed E-state index contributed by atoms with van der Waals surface area (Å²) < 4.78 is 1.52. The van der Waals surface area contributed by atoms with Crippen molar-refractivity contribution in [1.82, 2.24) is 19.7 Å². The third-order valence-corrected chi connectivity index (χ3v) is 5.25. The Kier molecular flexibility index (Phi) is 4.42. The Hall–Kier alpha value is -2.74. The first-order valence-corrected chi connectivity index (χ1v) is 9.60. The number of aryl methyl sites for hydroxylation is 1. The van der Waals surface area contributed by atoms with E-state index in [4.69, 9.17) is 0 Å². The number of rotatable bonds is 5. The van der Waals surface area contributed by atoms with Gasteiger partial charge < -0.3 is 5.32 Å². The summed E-state index contributed by atoms with van der Waals surface area (Å²) in [5.74, 6) is 0.757. The maximum Gasteiger partial charge on any atom is 0.255 e. The van der Waals surface area contributed by atoms with Gasteiger partial charge in [-0.15, -0.1) is 11.3 Å². The molecule has 1 aliphatic rings. The Morgan fingerprint density at radius 2 is 2.31 bits per heavy atom. The van der Waals surface area contributed by atoms with Crippen LogP contribution in [0.4, 0.5) is 5.82 Å². The van der Waals surface area contributed by atoms with Crippen molar-refractivity contribution in [2.24, 2.45) is 0 Å². The predicted octanol–water partition coefficient (Wildman–Crippen LogP) is 2.91. The van der Waals surface area contributed by atoms with Gasteiger partial charge in [-0.05, 0) is 37.1 Å². The molecule has 0 aromatic carbocycles. The minimum atomic E-state index is -0.124. The number of hydrogen-bond acceptors (Lipinski definition) is 5. The van der Waals surface area contributed by atoms with Crippen LogP contribution in [0.1, 0.15) is 37.4 Å². The number of H-pyrrole nitrogens is 1. The molecule has 0 fully saturated rings. The molecule has 0 saturated heterocycles. The second kappa shape index (κ2) is 6.87. The average Bonchev–Trinajstić information content (AvgIpc) is 3.35. The summed E-state index contributed by atoms with van der Waals surface area (Å²) in [6, 6.07) is 5.73. The Labute approximate surface area is 154 Å². The number of nitrogens with zero attached hydrogens (tertiary/aromatic N) is 3. The van der Waals surface area contributed by atoms with E-state index in [1.54, 1.807) is 11.3 Å². The molecule has 8 heteroatoms. The summed E-state index contributed by atoms with van der Waals surface area (Å²) in [5, 5.41) is 9.44. The smallest absolute Gasteiger partial charge is 0.255 e. The fourth-order valence-electron chi connectivity index (χ4n) is 3.14. The lowest BCUT2D eigenvalue weighted by molar-refractivity contribution is -0.116. The highest BCUT2D eigenvalue weighted by Crippen LogP contribution is 2.27. The SMILES string of the molecule is CCCC(=O)Nc1cc(-c2cccs2)nn1-c1nc2c(c(=O)[nH]1)CCC2. The first-order chi connectivity index (χ1) is 12.7. The Balaban J connectivity index is 1.80. The maximum absolute atomic E-state index is 12.4. The molecule has 0 bridgehead atoms. The van der Waals surface area contributed by atoms with E-state index in [2.05, 4.69) is 20.4 Å². The molecule has 4 rings (SSSR count). The Morgan fingerprint density at radius 3 is 3.08 bits per heavy atom. The van der Waals surface area contributed by atoms with E-state index < -0.39 is 0 Å². The van der Waals surface area contributed by atoms with Crippen LogP contribution in [0.3, 0.4) is 0 Å². The molecule has 3 aromatic rings. The molecular weight excluding hydrogens is 350 g/mol. The number of fused-ring (bicyclic) bond motifs is 1. The third-order valence-electron chi connectivity index (χ3n) is 4.36. The van der Waals surface area contributed by atoms with E-state index in [1.165, 1.54) is 4.68 Å². The van der Waals surface area contributed by atoms with Gasteiger partial charge in [-0.1, -0.05) is 13.0 Å². The van der Waals surface area contributed by atoms with Crippen molar-refractivity contribution in [1.29, 1.82) is 0 Å². The normalized spacial score (nSPS) is 13.0. The predicted molar refractivity (Wildman–Crippen MR) is 101 cm³/mol. The van der Waals surface area contributed by atoms with Gasteiger partial charge >= 0.3 is 0 Å². The highest BCUT2D eigenvalue weighted by Gasteiger charge is 2.20. The number of nitrogens with one attached hydrogen (secondary N) is 2. The number of aromatic amines is 1. The maximum atomic E-state index is 12.4. The molecule has 0 atom stereocenters. The van der Waals surface area contributed by atoms with Crippen molar-refractivity contribution in [3.63, 3.8) is 0 Å². The van der Waals surface area contributed by atoms with Crippen molar-refractivity contribution in [3.8, 4) is 16.5 Å². The van der Waals surface area contributed by atoms with Crippen LogP contribution in [0.15, 0.2) is 28.4 Å². The van der Waals surface area contributed by atoms with Gasteiger partial charge in [0.1, 0.15) is 11.5 Å². The second-order valence-corrected chi connectivity index (χ2v) is 7.22. The van der Waals surface area contributed by atoms with Crippen LogP contribution in [0.25, 0.3) is 16.5 Å². The second-order valence-electron chi connectivity index (χ2n) is 6.27. The number of carbonyl (C=O) groups excluding carboxylic acids is 1. The van der Waals surface area contributed by atoms with E-state index in [0.717, 1.165) is 47.5 Å². The number of aromatic nitrogens is 4. The van der Waals surface area contributed by atoms with Gasteiger partial charge in [0.15, 0.2) is 0 Å². The average molecular weight is 369 g/mol. The third kappa shape index (κ3) is 3.08. The molecule has 0 saturated carbocycles. The summed E-state index contributed by atoms with van der Waals surface area (Å²) >= 11 is 1.56. The molecule has 0 aliphatic heterocycles. The minimum absolute atomic E-state index is 0.0881. The fourth-order valence-corrected chi connectivity index (χ4v) is 3.82. The van der Waals surface area contributed by atoms with E-state index in [-0.39, 0.29) is 11.5 Å². The summed E-state index contributed by atoms with van der Waals surface area (Å²) in [6.07, 6.45) is 3.67. The molecule has 1 aliphatic carbocycles. The molecule has 1 amide bonds. The van der Waals surface area contributed by atoms with Crippen LogP contribution in [-0.4, -0.2) is 25.7 Å². The van der Waals surface area contributed by atoms with Crippen LogP contribution < -0.4 is 10.9 Å². The molecule has 2 N–H and O–H groups in total. The standard InChI is InChI=1S/C18H19N5O2S/c1-2-5-16(24)20-15-10-13(14-8-4-9-26-14)22-23(15)18-19-12-7-3-6-11(12)17(25)21-18/h4,8-10H,2-3,5-7H2,1H3,(H,20,24)(H,19,21,25). The van der Waals surface area contributed by atoms with Crippen molar-refractivity contribution < 1.29 is 4.79 Å². The van der Waals surface area contributed by atoms with Gasteiger partial charge in [-0.2, -0.15) is 9.78 Å². The molecule has 0 unspecified atom stereocenters. The lowest BCUT2D eigenvalue weighted by atomic mass is 10.3. The van der Waals surface area contributed by atoms with Gasteiger partial charge in [-0.3, -0.25) is 14.6 Å². The van der Waals surface area contributed by atoms with Crippen LogP contribution in [0, 0.1) is 0 Å². The number of anilines is 1. The molecular formula is C18H19N5O2S. The zero-order valence-corrected chi connectivity index (χ0v) is 15.2. The summed E-state index contributed by atoms with van der Waals surface area (Å²) in [5.41, 5.74) is 2.19. The van der Waals surface area contributed by atoms with Crippen LogP contribution in [-0.2, 0) is 17.6 Å². The van der Waals surface area contributed by atoms with Gasteiger partial charge in [0.25, 0.3) is 5.56 Å². The number of hydrogen-bond donors (Lipinski definition) is 2. The van der Waals surface area contributed by atoms with Crippen LogP contribution in [0.2, 0.25) is 0 Å². The zero-order chi connectivity index (χ0) is 18.1. The van der Waals surface area contributed by atoms with E-state index in [9.17, 15) is 9.59 Å². The van der Waals surface area contributed by atoms with Gasteiger partial charge in [0.05, 0.1) is 10.6 Å². The Bertz CT molecular complexity index is 1000. The quantitative estimate of drug-likeness (QED) is 0.723. The number of carbonyl (C=O) groups is 1. The van der Waals surface area contributed by atoms with Gasteiger partial charge in [0, 0.05) is 18.1 Å². The first-order valence-electron chi connectivity index (χ1n) is 8.72. The largest absolute Gasteiger partial charge is 0.310 e. The Morgan fingerprint density at radius 1 is 1.42 bits per heavy atom. The molecule has 3 heterocycles. The van der Waals surface area contributed by atoms with E-state index in [0.29, 0.717) is 18.2 Å². The summed E-state index contributed by atoms with van der Waals surface area (Å²) in [6.45, 7) is 1.95. The monoisotopic (exact) mass is 369 g/mol. The highest BCUT2D eigenvalue weighted by molar-refractivity contribution is 7.13. The molecule has 26 heavy (non-hydrogen) atoms. The van der Waals surface area contributed by atoms with Gasteiger partial charge in [0.2, 0.25) is 11.9 Å². The first kappa shape index (κ1) is 16.7.